The molecule has 0 aliphatic rings. The Labute approximate surface area is 68.8 Å². The highest BCUT2D eigenvalue weighted by Gasteiger charge is 1.75. The van der Waals surface area contributed by atoms with Gasteiger partial charge in [0.25, 0.3) is 0 Å². The average molecular weight is 150 g/mol. The van der Waals surface area contributed by atoms with E-state index in [4.69, 9.17) is 5.11 Å². The molecule has 60 valence electrons. The molecule has 0 bridgehead atoms. The Balaban J connectivity index is 3.25. The molecule has 0 spiro atoms. The van der Waals surface area contributed by atoms with Crippen molar-refractivity contribution in [3.8, 4) is 23.7 Å². The van der Waals surface area contributed by atoms with Crippen molar-refractivity contribution in [3.05, 3.63) is 0 Å². The van der Waals surface area contributed by atoms with E-state index in [0.717, 1.165) is 19.3 Å². The maximum Gasteiger partial charge on any atom is 0.0702 e. The van der Waals surface area contributed by atoms with Crippen molar-refractivity contribution in [3.63, 3.8) is 0 Å². The molecule has 0 unspecified atom stereocenters. The first-order valence-corrected chi connectivity index (χ1v) is 3.94. The number of hydrogen-bond donors (Lipinski definition) is 1. The van der Waals surface area contributed by atoms with E-state index in [-0.39, 0.29) is 6.61 Å². The fourth-order valence-corrected chi connectivity index (χ4v) is 0.550. The summed E-state index contributed by atoms with van der Waals surface area (Å²) in [6.45, 7) is 2.25. The van der Waals surface area contributed by atoms with Crippen molar-refractivity contribution < 1.29 is 5.11 Å². The number of rotatable bonds is 2. The first-order chi connectivity index (χ1) is 5.41. The minimum absolute atomic E-state index is 0.231. The smallest absolute Gasteiger partial charge is 0.0702 e. The first-order valence-electron chi connectivity index (χ1n) is 3.94. The number of unbranched alkanes of at least 4 members (excludes halogenated alkanes) is 1. The molecule has 0 aromatic carbocycles. The minimum atomic E-state index is 0.231. The quantitative estimate of drug-likeness (QED) is 0.468. The Bertz CT molecular complexity index is 184. The first kappa shape index (κ1) is 10.1. The van der Waals surface area contributed by atoms with E-state index in [2.05, 4.69) is 23.7 Å². The lowest BCUT2D eigenvalue weighted by molar-refractivity contribution is 0.290. The molecular formula is C10H14O. The highest BCUT2D eigenvalue weighted by Crippen LogP contribution is 1.83. The molecule has 0 aromatic rings. The van der Waals surface area contributed by atoms with Gasteiger partial charge in [0.2, 0.25) is 0 Å². The van der Waals surface area contributed by atoms with Crippen LogP contribution in [-0.4, -0.2) is 11.7 Å². The monoisotopic (exact) mass is 150 g/mol. The molecular weight excluding hydrogens is 136 g/mol. The summed E-state index contributed by atoms with van der Waals surface area (Å²) < 4.78 is 0. The summed E-state index contributed by atoms with van der Waals surface area (Å²) in [6, 6.07) is 0. The molecule has 1 N–H and O–H groups in total. The summed E-state index contributed by atoms with van der Waals surface area (Å²) in [6.07, 6.45) is 3.12. The minimum Gasteiger partial charge on any atom is -0.396 e. The fraction of sp³-hybridized carbons (Fsp3) is 0.600. The second-order valence-corrected chi connectivity index (χ2v) is 2.06. The maximum absolute atomic E-state index is 8.41. The zero-order valence-electron chi connectivity index (χ0n) is 6.98. The summed E-state index contributed by atoms with van der Waals surface area (Å²) >= 11 is 0. The Kier molecular flexibility index (Phi) is 8.32. The van der Waals surface area contributed by atoms with Crippen molar-refractivity contribution >= 4 is 0 Å². The van der Waals surface area contributed by atoms with E-state index in [9.17, 15) is 0 Å². The molecule has 0 saturated heterocycles. The zero-order valence-corrected chi connectivity index (χ0v) is 6.98. The van der Waals surface area contributed by atoms with Crippen LogP contribution in [0.2, 0.25) is 0 Å². The van der Waals surface area contributed by atoms with Gasteiger partial charge in [0.15, 0.2) is 0 Å². The molecule has 0 aromatic heterocycles. The van der Waals surface area contributed by atoms with Gasteiger partial charge in [-0.3, -0.25) is 0 Å². The Morgan fingerprint density at radius 3 is 2.45 bits per heavy atom. The molecule has 1 heteroatoms. The third kappa shape index (κ3) is 9.08. The van der Waals surface area contributed by atoms with Crippen LogP contribution in [0.15, 0.2) is 0 Å². The van der Waals surface area contributed by atoms with Crippen LogP contribution in [0.3, 0.4) is 0 Å². The molecule has 0 heterocycles. The van der Waals surface area contributed by atoms with Gasteiger partial charge in [-0.2, -0.15) is 0 Å². The van der Waals surface area contributed by atoms with Crippen LogP contribution >= 0.6 is 0 Å². The third-order valence-corrected chi connectivity index (χ3v) is 1.06. The van der Waals surface area contributed by atoms with Gasteiger partial charge < -0.3 is 5.11 Å². The molecule has 0 aliphatic heterocycles. The van der Waals surface area contributed by atoms with Crippen LogP contribution in [0, 0.1) is 23.7 Å². The number of aliphatic hydroxyl groups is 1. The van der Waals surface area contributed by atoms with Crippen molar-refractivity contribution in [1.82, 2.24) is 0 Å². The van der Waals surface area contributed by atoms with Gasteiger partial charge >= 0.3 is 0 Å². The topological polar surface area (TPSA) is 20.2 Å². The summed E-state index contributed by atoms with van der Waals surface area (Å²) in [7, 11) is 0. The van der Waals surface area contributed by atoms with E-state index in [1.54, 1.807) is 0 Å². The summed E-state index contributed by atoms with van der Waals surface area (Å²) in [4.78, 5) is 0. The normalized spacial score (nSPS) is 7.45. The van der Waals surface area contributed by atoms with Crippen LogP contribution in [0.5, 0.6) is 0 Å². The second kappa shape index (κ2) is 9.08. The Morgan fingerprint density at radius 2 is 1.82 bits per heavy atom. The lowest BCUT2D eigenvalue weighted by Crippen LogP contribution is -1.78. The molecule has 0 saturated carbocycles. The van der Waals surface area contributed by atoms with E-state index < -0.39 is 0 Å². The van der Waals surface area contributed by atoms with Gasteiger partial charge in [0, 0.05) is 19.4 Å². The maximum atomic E-state index is 8.41. The second-order valence-electron chi connectivity index (χ2n) is 2.06. The third-order valence-electron chi connectivity index (χ3n) is 1.06. The molecule has 0 radical (unpaired) electrons. The SMILES string of the molecule is CCC#CCC#CCCCO. The van der Waals surface area contributed by atoms with Gasteiger partial charge in [-0.25, -0.2) is 0 Å². The van der Waals surface area contributed by atoms with Crippen LogP contribution in [0.4, 0.5) is 0 Å². The summed E-state index contributed by atoms with van der Waals surface area (Å²) in [5.41, 5.74) is 0. The highest BCUT2D eigenvalue weighted by atomic mass is 16.2. The molecule has 11 heavy (non-hydrogen) atoms. The zero-order chi connectivity index (χ0) is 8.36. The summed E-state index contributed by atoms with van der Waals surface area (Å²) in [5, 5.41) is 8.41. The predicted molar refractivity (Wildman–Crippen MR) is 46.8 cm³/mol. The van der Waals surface area contributed by atoms with Crippen LogP contribution in [-0.2, 0) is 0 Å². The largest absolute Gasteiger partial charge is 0.396 e. The van der Waals surface area contributed by atoms with Crippen LogP contribution in [0.25, 0.3) is 0 Å². The molecule has 0 rings (SSSR count). The summed E-state index contributed by atoms with van der Waals surface area (Å²) in [5.74, 6) is 11.7. The predicted octanol–water partition coefficient (Wildman–Crippen LogP) is 1.57. The van der Waals surface area contributed by atoms with Gasteiger partial charge in [0.1, 0.15) is 0 Å². The van der Waals surface area contributed by atoms with Gasteiger partial charge in [0.05, 0.1) is 6.42 Å². The Morgan fingerprint density at radius 1 is 1.09 bits per heavy atom. The van der Waals surface area contributed by atoms with E-state index in [0.29, 0.717) is 6.42 Å². The van der Waals surface area contributed by atoms with Crippen molar-refractivity contribution in [1.29, 1.82) is 0 Å². The molecule has 0 amide bonds. The average Bonchev–Trinajstić information content (AvgIpc) is 2.03. The van der Waals surface area contributed by atoms with Crippen molar-refractivity contribution in [2.24, 2.45) is 0 Å². The van der Waals surface area contributed by atoms with Gasteiger partial charge in [-0.1, -0.05) is 18.8 Å². The van der Waals surface area contributed by atoms with Gasteiger partial charge in [-0.15, -0.1) is 11.8 Å². The van der Waals surface area contributed by atoms with Crippen LogP contribution in [0.1, 0.15) is 32.6 Å². The van der Waals surface area contributed by atoms with Crippen molar-refractivity contribution in [2.45, 2.75) is 32.6 Å². The van der Waals surface area contributed by atoms with Crippen LogP contribution < -0.4 is 0 Å². The molecule has 0 atom stereocenters. The lowest BCUT2D eigenvalue weighted by atomic mass is 10.3. The standard InChI is InChI=1S/C10H14O/c1-2-3-4-5-6-7-8-9-10-11/h11H,2,5,8-10H2,1H3. The highest BCUT2D eigenvalue weighted by molar-refractivity contribution is 5.11. The van der Waals surface area contributed by atoms with Crippen molar-refractivity contribution in [2.75, 3.05) is 6.61 Å². The lowest BCUT2D eigenvalue weighted by Gasteiger charge is -1.82. The fourth-order valence-electron chi connectivity index (χ4n) is 0.550. The molecule has 0 fully saturated rings. The molecule has 0 aliphatic carbocycles. The van der Waals surface area contributed by atoms with E-state index >= 15 is 0 Å². The number of hydrogen-bond acceptors (Lipinski definition) is 1. The molecule has 1 nitrogen and oxygen atoms in total. The van der Waals surface area contributed by atoms with E-state index in [1.165, 1.54) is 0 Å². The Hall–Kier alpha value is -0.920. The van der Waals surface area contributed by atoms with Gasteiger partial charge in [-0.05, 0) is 6.42 Å². The van der Waals surface area contributed by atoms with E-state index in [1.807, 2.05) is 6.92 Å². The number of aliphatic hydroxyl groups excluding tert-OH is 1.